The van der Waals surface area contributed by atoms with Crippen molar-refractivity contribution < 1.29 is 4.39 Å². The topological polar surface area (TPSA) is 51.8 Å². The molecule has 0 saturated heterocycles. The zero-order valence-electron chi connectivity index (χ0n) is 10.8. The molecule has 0 unspecified atom stereocenters. The van der Waals surface area contributed by atoms with Gasteiger partial charge in [-0.15, -0.1) is 0 Å². The predicted molar refractivity (Wildman–Crippen MR) is 78.9 cm³/mol. The summed E-state index contributed by atoms with van der Waals surface area (Å²) in [6.07, 6.45) is 0. The van der Waals surface area contributed by atoms with Gasteiger partial charge in [0.15, 0.2) is 5.16 Å². The lowest BCUT2D eigenvalue weighted by Gasteiger charge is -2.09. The molecular weight excluding hydrogens is 329 g/mol. The minimum Gasteiger partial charge on any atom is -0.398 e. The van der Waals surface area contributed by atoms with Gasteiger partial charge >= 0.3 is 0 Å². The summed E-state index contributed by atoms with van der Waals surface area (Å²) in [5.41, 5.74) is 9.15. The zero-order chi connectivity index (χ0) is 14.2. The molecular formula is C13H13BrFN3S. The molecule has 0 saturated carbocycles. The minimum atomic E-state index is -0.376. The Morgan fingerprint density at radius 3 is 2.32 bits per heavy atom. The molecule has 2 aromatic rings. The van der Waals surface area contributed by atoms with Gasteiger partial charge in [-0.3, -0.25) is 0 Å². The maximum Gasteiger partial charge on any atom is 0.192 e. The van der Waals surface area contributed by atoms with Crippen LogP contribution in [0.3, 0.4) is 0 Å². The highest BCUT2D eigenvalue weighted by molar-refractivity contribution is 9.10. The van der Waals surface area contributed by atoms with Crippen molar-refractivity contribution in [3.05, 3.63) is 39.4 Å². The van der Waals surface area contributed by atoms with Crippen molar-refractivity contribution >= 4 is 33.4 Å². The Hall–Kier alpha value is -1.14. The molecule has 0 amide bonds. The lowest BCUT2D eigenvalue weighted by molar-refractivity contribution is 0.620. The number of halogens is 2. The number of hydrogen-bond donors (Lipinski definition) is 1. The monoisotopic (exact) mass is 341 g/mol. The van der Waals surface area contributed by atoms with Gasteiger partial charge < -0.3 is 5.73 Å². The fourth-order valence-electron chi connectivity index (χ4n) is 1.52. The number of aryl methyl sites for hydroxylation is 2. The molecule has 0 atom stereocenters. The smallest absolute Gasteiger partial charge is 0.192 e. The molecule has 3 nitrogen and oxygen atoms in total. The van der Waals surface area contributed by atoms with E-state index in [-0.39, 0.29) is 5.82 Å². The van der Waals surface area contributed by atoms with Gasteiger partial charge in [0.05, 0.1) is 4.47 Å². The van der Waals surface area contributed by atoms with E-state index in [9.17, 15) is 4.39 Å². The van der Waals surface area contributed by atoms with Crippen molar-refractivity contribution in [3.8, 4) is 0 Å². The quantitative estimate of drug-likeness (QED) is 0.661. The first-order valence-electron chi connectivity index (χ1n) is 5.62. The first kappa shape index (κ1) is 14.3. The van der Waals surface area contributed by atoms with Crippen molar-refractivity contribution in [2.24, 2.45) is 0 Å². The van der Waals surface area contributed by atoms with Crippen LogP contribution in [0, 0.1) is 26.6 Å². The van der Waals surface area contributed by atoms with Gasteiger partial charge in [0, 0.05) is 22.0 Å². The van der Waals surface area contributed by atoms with E-state index in [2.05, 4.69) is 25.9 Å². The SMILES string of the molecule is Cc1nc(Sc2cc(Br)c(F)cc2N)nc(C)c1C. The number of benzene rings is 1. The fraction of sp³-hybridized carbons (Fsp3) is 0.231. The molecule has 0 bridgehead atoms. The van der Waals surface area contributed by atoms with Gasteiger partial charge in [-0.05, 0) is 66.2 Å². The van der Waals surface area contributed by atoms with Crippen LogP contribution in [0.1, 0.15) is 17.0 Å². The highest BCUT2D eigenvalue weighted by Gasteiger charge is 2.11. The summed E-state index contributed by atoms with van der Waals surface area (Å²) >= 11 is 4.48. The van der Waals surface area contributed by atoms with Gasteiger partial charge in [0.25, 0.3) is 0 Å². The predicted octanol–water partition coefficient (Wildman–Crippen LogP) is 4.04. The van der Waals surface area contributed by atoms with Gasteiger partial charge in [-0.1, -0.05) is 0 Å². The maximum absolute atomic E-state index is 13.3. The van der Waals surface area contributed by atoms with E-state index in [4.69, 9.17) is 5.73 Å². The summed E-state index contributed by atoms with van der Waals surface area (Å²) in [7, 11) is 0. The maximum atomic E-state index is 13.3. The van der Waals surface area contributed by atoms with Crippen molar-refractivity contribution in [1.29, 1.82) is 0 Å². The molecule has 0 fully saturated rings. The van der Waals surface area contributed by atoms with Crippen LogP contribution in [0.25, 0.3) is 0 Å². The number of nitrogen functional groups attached to an aromatic ring is 1. The highest BCUT2D eigenvalue weighted by atomic mass is 79.9. The lowest BCUT2D eigenvalue weighted by Crippen LogP contribution is -1.99. The Morgan fingerprint density at radius 2 is 1.74 bits per heavy atom. The van der Waals surface area contributed by atoms with Gasteiger partial charge in [0.2, 0.25) is 0 Å². The Kier molecular flexibility index (Phi) is 4.10. The number of hydrogen-bond acceptors (Lipinski definition) is 4. The van der Waals surface area contributed by atoms with Crippen molar-refractivity contribution in [3.63, 3.8) is 0 Å². The molecule has 1 aromatic heterocycles. The summed E-state index contributed by atoms with van der Waals surface area (Å²) in [6, 6.07) is 2.93. The normalized spacial score (nSPS) is 10.8. The van der Waals surface area contributed by atoms with Crippen LogP contribution in [-0.2, 0) is 0 Å². The Bertz CT molecular complexity index is 623. The van der Waals surface area contributed by atoms with Crippen LogP contribution >= 0.6 is 27.7 Å². The third kappa shape index (κ3) is 3.06. The molecule has 0 aliphatic carbocycles. The minimum absolute atomic E-state index is 0.376. The van der Waals surface area contributed by atoms with Crippen LogP contribution in [0.4, 0.5) is 10.1 Å². The molecule has 0 aliphatic heterocycles. The third-order valence-electron chi connectivity index (χ3n) is 2.87. The molecule has 2 rings (SSSR count). The number of nitrogens with zero attached hydrogens (tertiary/aromatic N) is 2. The van der Waals surface area contributed by atoms with Crippen LogP contribution < -0.4 is 5.73 Å². The van der Waals surface area contributed by atoms with Crippen LogP contribution in [0.5, 0.6) is 0 Å². The Labute approximate surface area is 124 Å². The standard InChI is InChI=1S/C13H13BrFN3S/c1-6-7(2)17-13(18-8(6)3)19-12-4-9(14)10(15)5-11(12)16/h4-5H,16H2,1-3H3. The largest absolute Gasteiger partial charge is 0.398 e. The first-order valence-corrected chi connectivity index (χ1v) is 7.23. The molecule has 0 aliphatic rings. The van der Waals surface area contributed by atoms with Crippen molar-refractivity contribution in [2.45, 2.75) is 30.8 Å². The first-order chi connectivity index (χ1) is 8.88. The van der Waals surface area contributed by atoms with Gasteiger partial charge in [-0.2, -0.15) is 0 Å². The zero-order valence-corrected chi connectivity index (χ0v) is 13.2. The molecule has 1 aromatic carbocycles. The van der Waals surface area contributed by atoms with Gasteiger partial charge in [0.1, 0.15) is 5.82 Å². The molecule has 0 spiro atoms. The number of aromatic nitrogens is 2. The second-order valence-corrected chi connectivity index (χ2v) is 6.07. The summed E-state index contributed by atoms with van der Waals surface area (Å²) in [5, 5.41) is 0.616. The average Bonchev–Trinajstić information content (AvgIpc) is 2.33. The van der Waals surface area contributed by atoms with E-state index < -0.39 is 0 Å². The summed E-state index contributed by atoms with van der Waals surface area (Å²) < 4.78 is 13.7. The summed E-state index contributed by atoms with van der Waals surface area (Å²) in [5.74, 6) is -0.376. The van der Waals surface area contributed by atoms with Crippen molar-refractivity contribution in [1.82, 2.24) is 9.97 Å². The van der Waals surface area contributed by atoms with E-state index in [1.54, 1.807) is 6.07 Å². The number of anilines is 1. The molecule has 0 radical (unpaired) electrons. The van der Waals surface area contributed by atoms with Crippen LogP contribution in [0.2, 0.25) is 0 Å². The third-order valence-corrected chi connectivity index (χ3v) is 4.41. The van der Waals surface area contributed by atoms with E-state index in [0.29, 0.717) is 15.3 Å². The average molecular weight is 342 g/mol. The molecule has 2 N–H and O–H groups in total. The van der Waals surface area contributed by atoms with E-state index >= 15 is 0 Å². The van der Waals surface area contributed by atoms with E-state index in [1.165, 1.54) is 17.8 Å². The molecule has 19 heavy (non-hydrogen) atoms. The molecule has 6 heteroatoms. The molecule has 100 valence electrons. The molecule has 1 heterocycles. The fourth-order valence-corrected chi connectivity index (χ4v) is 2.93. The second kappa shape index (κ2) is 5.46. The lowest BCUT2D eigenvalue weighted by atomic mass is 10.2. The summed E-state index contributed by atoms with van der Waals surface area (Å²) in [4.78, 5) is 9.55. The van der Waals surface area contributed by atoms with Crippen LogP contribution in [-0.4, -0.2) is 9.97 Å². The van der Waals surface area contributed by atoms with E-state index in [1.807, 2.05) is 20.8 Å². The van der Waals surface area contributed by atoms with Crippen molar-refractivity contribution in [2.75, 3.05) is 5.73 Å². The number of rotatable bonds is 2. The van der Waals surface area contributed by atoms with E-state index in [0.717, 1.165) is 21.8 Å². The second-order valence-electron chi connectivity index (χ2n) is 4.21. The Morgan fingerprint density at radius 1 is 1.16 bits per heavy atom. The number of nitrogens with two attached hydrogens (primary N) is 1. The summed E-state index contributed by atoms with van der Waals surface area (Å²) in [6.45, 7) is 5.87. The Balaban J connectivity index is 2.39. The van der Waals surface area contributed by atoms with Gasteiger partial charge in [-0.25, -0.2) is 14.4 Å². The van der Waals surface area contributed by atoms with Crippen LogP contribution in [0.15, 0.2) is 26.7 Å². The highest BCUT2D eigenvalue weighted by Crippen LogP contribution is 2.34.